The molecule has 1 aliphatic rings. The van der Waals surface area contributed by atoms with Crippen LogP contribution in [0.4, 0.5) is 0 Å². The highest BCUT2D eigenvalue weighted by molar-refractivity contribution is 5.43. The van der Waals surface area contributed by atoms with Gasteiger partial charge in [0, 0.05) is 6.04 Å². The fourth-order valence-corrected chi connectivity index (χ4v) is 2.72. The Hall–Kier alpha value is -1.10. The maximum atomic E-state index is 9.40. The molecule has 1 aromatic carbocycles. The van der Waals surface area contributed by atoms with Crippen molar-refractivity contribution in [3.05, 3.63) is 29.3 Å². The molecule has 0 saturated carbocycles. The fourth-order valence-electron chi connectivity index (χ4n) is 2.72. The Labute approximate surface area is 120 Å². The standard InChI is InChI=1S/C16H25NO3/c1-2-9-17-15-7-3-6-14-13(15)5-4-8-16(14)20-11-12(19)10-18/h4-5,8,12,15,17-19H,2-3,6-7,9-11H2,1H3. The molecule has 0 saturated heterocycles. The van der Waals surface area contributed by atoms with E-state index in [1.807, 2.05) is 12.1 Å². The van der Waals surface area contributed by atoms with Crippen LogP contribution in [0.5, 0.6) is 5.75 Å². The second-order valence-electron chi connectivity index (χ2n) is 5.37. The number of ether oxygens (including phenoxy) is 1. The maximum absolute atomic E-state index is 9.40. The molecule has 0 bridgehead atoms. The molecule has 3 N–H and O–H groups in total. The lowest BCUT2D eigenvalue weighted by atomic mass is 9.87. The van der Waals surface area contributed by atoms with E-state index >= 15 is 0 Å². The molecular formula is C16H25NO3. The first-order valence-electron chi connectivity index (χ1n) is 7.53. The summed E-state index contributed by atoms with van der Waals surface area (Å²) in [7, 11) is 0. The molecule has 0 amide bonds. The molecule has 1 aromatic rings. The van der Waals surface area contributed by atoms with Crippen molar-refractivity contribution in [1.29, 1.82) is 0 Å². The monoisotopic (exact) mass is 279 g/mol. The van der Waals surface area contributed by atoms with Gasteiger partial charge in [0.05, 0.1) is 6.61 Å². The van der Waals surface area contributed by atoms with Crippen LogP contribution in [-0.4, -0.2) is 36.1 Å². The van der Waals surface area contributed by atoms with E-state index in [1.165, 1.54) is 11.1 Å². The summed E-state index contributed by atoms with van der Waals surface area (Å²) in [5.41, 5.74) is 2.57. The van der Waals surface area contributed by atoms with Crippen molar-refractivity contribution < 1.29 is 14.9 Å². The summed E-state index contributed by atoms with van der Waals surface area (Å²) in [6.45, 7) is 3.07. The Balaban J connectivity index is 2.11. The molecule has 2 atom stereocenters. The lowest BCUT2D eigenvalue weighted by Gasteiger charge is -2.28. The van der Waals surface area contributed by atoms with Crippen molar-refractivity contribution in [2.45, 2.75) is 44.8 Å². The number of hydrogen-bond donors (Lipinski definition) is 3. The van der Waals surface area contributed by atoms with Crippen LogP contribution in [0.1, 0.15) is 43.4 Å². The third kappa shape index (κ3) is 3.72. The Kier molecular flexibility index (Phi) is 5.83. The molecule has 0 aromatic heterocycles. The van der Waals surface area contributed by atoms with Crippen molar-refractivity contribution in [2.75, 3.05) is 19.8 Å². The third-order valence-corrected chi connectivity index (χ3v) is 3.75. The molecular weight excluding hydrogens is 254 g/mol. The van der Waals surface area contributed by atoms with Crippen molar-refractivity contribution in [2.24, 2.45) is 0 Å². The van der Waals surface area contributed by atoms with Gasteiger partial charge in [-0.25, -0.2) is 0 Å². The molecule has 0 fully saturated rings. The van der Waals surface area contributed by atoms with Gasteiger partial charge in [0.2, 0.25) is 0 Å². The van der Waals surface area contributed by atoms with Gasteiger partial charge in [0.15, 0.2) is 0 Å². The van der Waals surface area contributed by atoms with Crippen molar-refractivity contribution in [1.82, 2.24) is 5.32 Å². The summed E-state index contributed by atoms with van der Waals surface area (Å²) in [6.07, 6.45) is 3.64. The fraction of sp³-hybridized carbons (Fsp3) is 0.625. The minimum Gasteiger partial charge on any atom is -0.491 e. The minimum absolute atomic E-state index is 0.139. The van der Waals surface area contributed by atoms with Crippen LogP contribution >= 0.6 is 0 Å². The number of fused-ring (bicyclic) bond motifs is 1. The van der Waals surface area contributed by atoms with Gasteiger partial charge in [-0.05, 0) is 49.4 Å². The minimum atomic E-state index is -0.816. The summed E-state index contributed by atoms with van der Waals surface area (Å²) in [4.78, 5) is 0. The summed E-state index contributed by atoms with van der Waals surface area (Å²) in [6, 6.07) is 6.53. The molecule has 0 heterocycles. The van der Waals surface area contributed by atoms with E-state index in [9.17, 15) is 5.11 Å². The number of nitrogens with one attached hydrogen (secondary N) is 1. The van der Waals surface area contributed by atoms with E-state index in [0.29, 0.717) is 6.04 Å². The van der Waals surface area contributed by atoms with Gasteiger partial charge in [0.1, 0.15) is 18.5 Å². The van der Waals surface area contributed by atoms with Gasteiger partial charge in [-0.3, -0.25) is 0 Å². The van der Waals surface area contributed by atoms with E-state index in [1.54, 1.807) is 0 Å². The molecule has 4 heteroatoms. The molecule has 20 heavy (non-hydrogen) atoms. The number of aliphatic hydroxyl groups excluding tert-OH is 2. The number of rotatable bonds is 7. The molecule has 2 rings (SSSR count). The average Bonchev–Trinajstić information content (AvgIpc) is 2.50. The van der Waals surface area contributed by atoms with Gasteiger partial charge < -0.3 is 20.3 Å². The second kappa shape index (κ2) is 7.62. The van der Waals surface area contributed by atoms with Crippen LogP contribution in [0.25, 0.3) is 0 Å². The zero-order chi connectivity index (χ0) is 14.4. The normalized spacial score (nSPS) is 19.4. The Morgan fingerprint density at radius 2 is 2.30 bits per heavy atom. The highest BCUT2D eigenvalue weighted by Crippen LogP contribution is 2.35. The SMILES string of the molecule is CCCNC1CCCc2c(OCC(O)CO)cccc21. The molecule has 1 aliphatic carbocycles. The Bertz CT molecular complexity index is 422. The summed E-state index contributed by atoms with van der Waals surface area (Å²) in [5, 5.41) is 21.8. The first-order chi connectivity index (χ1) is 9.76. The Morgan fingerprint density at radius 3 is 3.05 bits per heavy atom. The van der Waals surface area contributed by atoms with Crippen molar-refractivity contribution in [3.63, 3.8) is 0 Å². The predicted octanol–water partition coefficient (Wildman–Crippen LogP) is 1.80. The predicted molar refractivity (Wildman–Crippen MR) is 79.0 cm³/mol. The second-order valence-corrected chi connectivity index (χ2v) is 5.37. The number of aliphatic hydroxyl groups is 2. The average molecular weight is 279 g/mol. The molecule has 2 unspecified atom stereocenters. The van der Waals surface area contributed by atoms with Crippen molar-refractivity contribution in [3.8, 4) is 5.75 Å². The summed E-state index contributed by atoms with van der Waals surface area (Å²) in [5.74, 6) is 0.845. The van der Waals surface area contributed by atoms with E-state index in [2.05, 4.69) is 18.3 Å². The van der Waals surface area contributed by atoms with Crippen LogP contribution in [-0.2, 0) is 6.42 Å². The van der Waals surface area contributed by atoms with Gasteiger partial charge >= 0.3 is 0 Å². The van der Waals surface area contributed by atoms with Crippen LogP contribution in [0, 0.1) is 0 Å². The highest BCUT2D eigenvalue weighted by Gasteiger charge is 2.22. The molecule has 0 aliphatic heterocycles. The topological polar surface area (TPSA) is 61.7 Å². The number of hydrogen-bond acceptors (Lipinski definition) is 4. The lowest BCUT2D eigenvalue weighted by molar-refractivity contribution is 0.0532. The largest absolute Gasteiger partial charge is 0.491 e. The number of benzene rings is 1. The first-order valence-corrected chi connectivity index (χ1v) is 7.53. The highest BCUT2D eigenvalue weighted by atomic mass is 16.5. The van der Waals surface area contributed by atoms with Crippen molar-refractivity contribution >= 4 is 0 Å². The van der Waals surface area contributed by atoms with Gasteiger partial charge in [0.25, 0.3) is 0 Å². The van der Waals surface area contributed by atoms with E-state index in [4.69, 9.17) is 9.84 Å². The molecule has 4 nitrogen and oxygen atoms in total. The van der Waals surface area contributed by atoms with E-state index < -0.39 is 6.10 Å². The first kappa shape index (κ1) is 15.3. The van der Waals surface area contributed by atoms with Gasteiger partial charge in [-0.2, -0.15) is 0 Å². The van der Waals surface area contributed by atoms with Crippen LogP contribution in [0.3, 0.4) is 0 Å². The lowest BCUT2D eigenvalue weighted by Crippen LogP contribution is -2.27. The zero-order valence-corrected chi connectivity index (χ0v) is 12.1. The zero-order valence-electron chi connectivity index (χ0n) is 12.1. The van der Waals surface area contributed by atoms with Crippen LogP contribution < -0.4 is 10.1 Å². The molecule has 0 radical (unpaired) electrons. The third-order valence-electron chi connectivity index (χ3n) is 3.75. The van der Waals surface area contributed by atoms with Crippen LogP contribution in [0.2, 0.25) is 0 Å². The quantitative estimate of drug-likeness (QED) is 0.712. The smallest absolute Gasteiger partial charge is 0.122 e. The summed E-state index contributed by atoms with van der Waals surface area (Å²) < 4.78 is 5.67. The van der Waals surface area contributed by atoms with E-state index in [0.717, 1.165) is 38.0 Å². The Morgan fingerprint density at radius 1 is 1.45 bits per heavy atom. The van der Waals surface area contributed by atoms with Crippen LogP contribution in [0.15, 0.2) is 18.2 Å². The maximum Gasteiger partial charge on any atom is 0.122 e. The van der Waals surface area contributed by atoms with Gasteiger partial charge in [-0.1, -0.05) is 19.1 Å². The summed E-state index contributed by atoms with van der Waals surface area (Å²) >= 11 is 0. The van der Waals surface area contributed by atoms with E-state index in [-0.39, 0.29) is 13.2 Å². The molecule has 0 spiro atoms. The molecule has 112 valence electrons. The van der Waals surface area contributed by atoms with Gasteiger partial charge in [-0.15, -0.1) is 0 Å².